The van der Waals surface area contributed by atoms with Crippen molar-refractivity contribution in [2.24, 2.45) is 0 Å². The highest BCUT2D eigenvalue weighted by molar-refractivity contribution is 5.94. The van der Waals surface area contributed by atoms with Crippen LogP contribution in [0.1, 0.15) is 66.7 Å². The molecule has 1 heterocycles. The number of carbonyl (C=O) groups is 1. The molecule has 1 aromatic heterocycles. The van der Waals surface area contributed by atoms with Gasteiger partial charge in [0.05, 0.1) is 0 Å². The third-order valence-corrected chi connectivity index (χ3v) is 4.64. The van der Waals surface area contributed by atoms with Gasteiger partial charge < -0.3 is 9.84 Å². The Morgan fingerprint density at radius 2 is 1.91 bits per heavy atom. The number of nitrogens with one attached hydrogen (secondary N) is 1. The molecule has 0 saturated heterocycles. The van der Waals surface area contributed by atoms with Crippen molar-refractivity contribution in [1.82, 2.24) is 15.5 Å². The van der Waals surface area contributed by atoms with E-state index in [9.17, 15) is 4.79 Å². The number of aromatic nitrogens is 2. The van der Waals surface area contributed by atoms with Crippen LogP contribution in [-0.4, -0.2) is 16.0 Å². The van der Waals surface area contributed by atoms with Gasteiger partial charge in [-0.1, -0.05) is 43.5 Å². The predicted molar refractivity (Wildman–Crippen MR) is 87.1 cm³/mol. The van der Waals surface area contributed by atoms with Gasteiger partial charge in [0.1, 0.15) is 5.54 Å². The average molecular weight is 313 g/mol. The molecule has 0 aliphatic heterocycles. The van der Waals surface area contributed by atoms with E-state index in [2.05, 4.69) is 22.4 Å². The van der Waals surface area contributed by atoms with Crippen molar-refractivity contribution in [2.45, 2.75) is 57.9 Å². The van der Waals surface area contributed by atoms with Gasteiger partial charge in [-0.25, -0.2) is 0 Å². The topological polar surface area (TPSA) is 68.0 Å². The Morgan fingerprint density at radius 1 is 1.22 bits per heavy atom. The van der Waals surface area contributed by atoms with Gasteiger partial charge in [-0.15, -0.1) is 0 Å². The Kier molecular flexibility index (Phi) is 4.46. The lowest BCUT2D eigenvalue weighted by Crippen LogP contribution is -2.48. The first-order chi connectivity index (χ1) is 11.1. The van der Waals surface area contributed by atoms with Crippen LogP contribution in [-0.2, 0) is 12.0 Å². The molecule has 0 bridgehead atoms. The van der Waals surface area contributed by atoms with Crippen molar-refractivity contribution in [3.05, 3.63) is 47.1 Å². The Labute approximate surface area is 136 Å². The third-order valence-electron chi connectivity index (χ3n) is 4.64. The maximum absolute atomic E-state index is 12.7. The van der Waals surface area contributed by atoms with Gasteiger partial charge in [-0.05, 0) is 37.0 Å². The van der Waals surface area contributed by atoms with Crippen LogP contribution >= 0.6 is 0 Å². The van der Waals surface area contributed by atoms with Crippen molar-refractivity contribution in [1.29, 1.82) is 0 Å². The molecular formula is C18H23N3O2. The highest BCUT2D eigenvalue weighted by Gasteiger charge is 2.39. The van der Waals surface area contributed by atoms with Crippen LogP contribution in [0.3, 0.4) is 0 Å². The molecule has 2 aromatic rings. The Balaban J connectivity index is 1.84. The van der Waals surface area contributed by atoms with Crippen molar-refractivity contribution in [3.8, 4) is 0 Å². The molecule has 1 fully saturated rings. The second-order valence-electron chi connectivity index (χ2n) is 6.28. The van der Waals surface area contributed by atoms with Gasteiger partial charge in [-0.3, -0.25) is 4.79 Å². The standard InChI is InChI=1S/C18H23N3O2/c1-3-14-7-9-15(10-8-14)16(22)20-18(11-5-4-6-12-18)17-19-13(2)23-21-17/h7-10H,3-6,11-12H2,1-2H3,(H,20,22). The van der Waals surface area contributed by atoms with Crippen molar-refractivity contribution < 1.29 is 9.32 Å². The number of hydrogen-bond donors (Lipinski definition) is 1. The molecule has 122 valence electrons. The fraction of sp³-hybridized carbons (Fsp3) is 0.500. The zero-order chi connectivity index (χ0) is 16.3. The molecule has 0 spiro atoms. The number of nitrogens with zero attached hydrogens (tertiary/aromatic N) is 2. The van der Waals surface area contributed by atoms with E-state index in [1.54, 1.807) is 6.92 Å². The summed E-state index contributed by atoms with van der Waals surface area (Å²) in [5, 5.41) is 7.28. The normalized spacial score (nSPS) is 17.0. The van der Waals surface area contributed by atoms with Crippen LogP contribution in [0.4, 0.5) is 0 Å². The van der Waals surface area contributed by atoms with Gasteiger partial charge in [0.25, 0.3) is 5.91 Å². The van der Waals surface area contributed by atoms with E-state index < -0.39 is 5.54 Å². The summed E-state index contributed by atoms with van der Waals surface area (Å²) in [6.07, 6.45) is 5.97. The predicted octanol–water partition coefficient (Wildman–Crippen LogP) is 3.53. The van der Waals surface area contributed by atoms with E-state index in [1.165, 1.54) is 12.0 Å². The fourth-order valence-corrected chi connectivity index (χ4v) is 3.23. The molecule has 5 heteroatoms. The van der Waals surface area contributed by atoms with Gasteiger partial charge >= 0.3 is 0 Å². The molecule has 0 radical (unpaired) electrons. The van der Waals surface area contributed by atoms with Crippen LogP contribution in [0, 0.1) is 6.92 Å². The minimum absolute atomic E-state index is 0.0722. The molecule has 3 rings (SSSR count). The molecule has 1 aliphatic rings. The second-order valence-corrected chi connectivity index (χ2v) is 6.28. The summed E-state index contributed by atoms with van der Waals surface area (Å²) in [7, 11) is 0. The third kappa shape index (κ3) is 3.28. The summed E-state index contributed by atoms with van der Waals surface area (Å²) >= 11 is 0. The van der Waals surface area contributed by atoms with Crippen molar-refractivity contribution in [3.63, 3.8) is 0 Å². The maximum atomic E-state index is 12.7. The van der Waals surface area contributed by atoms with E-state index in [-0.39, 0.29) is 5.91 Å². The van der Waals surface area contributed by atoms with E-state index in [1.807, 2.05) is 24.3 Å². The fourth-order valence-electron chi connectivity index (χ4n) is 3.23. The van der Waals surface area contributed by atoms with E-state index in [0.29, 0.717) is 17.3 Å². The maximum Gasteiger partial charge on any atom is 0.252 e. The van der Waals surface area contributed by atoms with Crippen LogP contribution in [0.5, 0.6) is 0 Å². The Hall–Kier alpha value is -2.17. The van der Waals surface area contributed by atoms with Crippen LogP contribution in [0.15, 0.2) is 28.8 Å². The highest BCUT2D eigenvalue weighted by atomic mass is 16.5. The van der Waals surface area contributed by atoms with Crippen molar-refractivity contribution in [2.75, 3.05) is 0 Å². The first kappa shape index (κ1) is 15.7. The molecule has 0 atom stereocenters. The smallest absolute Gasteiger partial charge is 0.252 e. The number of hydrogen-bond acceptors (Lipinski definition) is 4. The molecule has 1 aromatic carbocycles. The van der Waals surface area contributed by atoms with Crippen molar-refractivity contribution >= 4 is 5.91 Å². The lowest BCUT2D eigenvalue weighted by molar-refractivity contribution is 0.0855. The van der Waals surface area contributed by atoms with Gasteiger partial charge in [0.15, 0.2) is 5.82 Å². The molecule has 1 amide bonds. The van der Waals surface area contributed by atoms with Gasteiger partial charge in [0, 0.05) is 12.5 Å². The number of rotatable bonds is 4. The largest absolute Gasteiger partial charge is 0.340 e. The first-order valence-corrected chi connectivity index (χ1v) is 8.35. The first-order valence-electron chi connectivity index (χ1n) is 8.35. The minimum atomic E-state index is -0.503. The second kappa shape index (κ2) is 6.52. The monoisotopic (exact) mass is 313 g/mol. The van der Waals surface area contributed by atoms with Gasteiger partial charge in [-0.2, -0.15) is 4.98 Å². The molecule has 1 saturated carbocycles. The zero-order valence-corrected chi connectivity index (χ0v) is 13.8. The zero-order valence-electron chi connectivity index (χ0n) is 13.8. The highest BCUT2D eigenvalue weighted by Crippen LogP contribution is 2.35. The summed E-state index contributed by atoms with van der Waals surface area (Å²) in [4.78, 5) is 17.1. The van der Waals surface area contributed by atoms with Crippen LogP contribution in [0.25, 0.3) is 0 Å². The summed E-state index contributed by atoms with van der Waals surface area (Å²) in [6, 6.07) is 7.76. The molecule has 0 unspecified atom stereocenters. The van der Waals surface area contributed by atoms with E-state index in [4.69, 9.17) is 4.52 Å². The molecule has 5 nitrogen and oxygen atoms in total. The quantitative estimate of drug-likeness (QED) is 0.937. The molecule has 23 heavy (non-hydrogen) atoms. The van der Waals surface area contributed by atoms with E-state index >= 15 is 0 Å². The molecule has 1 N–H and O–H groups in total. The van der Waals surface area contributed by atoms with Crippen LogP contribution in [0.2, 0.25) is 0 Å². The summed E-state index contributed by atoms with van der Waals surface area (Å²) in [5.41, 5.74) is 1.39. The minimum Gasteiger partial charge on any atom is -0.340 e. The SMILES string of the molecule is CCc1ccc(C(=O)NC2(c3noc(C)n3)CCCCC2)cc1. The Bertz CT molecular complexity index is 670. The lowest BCUT2D eigenvalue weighted by atomic mass is 9.80. The van der Waals surface area contributed by atoms with Crippen LogP contribution < -0.4 is 5.32 Å². The number of aryl methyl sites for hydroxylation is 2. The lowest BCUT2D eigenvalue weighted by Gasteiger charge is -2.35. The number of carbonyl (C=O) groups excluding carboxylic acids is 1. The molecular weight excluding hydrogens is 290 g/mol. The number of benzene rings is 1. The summed E-state index contributed by atoms with van der Waals surface area (Å²) in [6.45, 7) is 3.88. The Morgan fingerprint density at radius 3 is 2.48 bits per heavy atom. The number of amides is 1. The van der Waals surface area contributed by atoms with Gasteiger partial charge in [0.2, 0.25) is 5.89 Å². The summed E-state index contributed by atoms with van der Waals surface area (Å²) < 4.78 is 5.15. The summed E-state index contributed by atoms with van der Waals surface area (Å²) in [5.74, 6) is 1.07. The average Bonchev–Trinajstić information content (AvgIpc) is 3.03. The van der Waals surface area contributed by atoms with E-state index in [0.717, 1.165) is 32.1 Å². The molecule has 1 aliphatic carbocycles.